The van der Waals surface area contributed by atoms with Gasteiger partial charge in [-0.1, -0.05) is 78.9 Å². The van der Waals surface area contributed by atoms with Gasteiger partial charge in [-0.3, -0.25) is 14.9 Å². The van der Waals surface area contributed by atoms with E-state index in [-0.39, 0.29) is 5.56 Å². The van der Waals surface area contributed by atoms with E-state index >= 15 is 0 Å². The van der Waals surface area contributed by atoms with Crippen molar-refractivity contribution in [2.75, 3.05) is 6.54 Å². The first-order valence-electron chi connectivity index (χ1n) is 9.75. The standard InChI is InChI=1S/C25H23N3O/c1-19(26-18-17-20-11-5-2-6-12-20)23-24(21-13-7-3-8-14-21)27-28(25(23)29)22-15-9-4-10-16-22/h2-16,27H,17-18H2,1H3. The van der Waals surface area contributed by atoms with Gasteiger partial charge in [0.2, 0.25) is 0 Å². The SMILES string of the molecule is CC(=NCCc1ccccc1)c1c(-c2ccccc2)[nH]n(-c2ccccc2)c1=O. The average molecular weight is 381 g/mol. The van der Waals surface area contributed by atoms with Crippen molar-refractivity contribution in [2.24, 2.45) is 4.99 Å². The zero-order chi connectivity index (χ0) is 20.1. The zero-order valence-corrected chi connectivity index (χ0v) is 16.4. The molecule has 4 nitrogen and oxygen atoms in total. The summed E-state index contributed by atoms with van der Waals surface area (Å²) in [5.74, 6) is 0. The molecular formula is C25H23N3O. The molecule has 4 rings (SSSR count). The fraction of sp³-hybridized carbons (Fsp3) is 0.120. The molecule has 3 aromatic carbocycles. The smallest absolute Gasteiger partial charge is 0.280 e. The van der Waals surface area contributed by atoms with Crippen molar-refractivity contribution in [3.63, 3.8) is 0 Å². The molecule has 0 unspecified atom stereocenters. The number of aromatic amines is 1. The fourth-order valence-corrected chi connectivity index (χ4v) is 3.42. The molecule has 0 bridgehead atoms. The molecule has 4 aromatic rings. The second-order valence-corrected chi connectivity index (χ2v) is 6.91. The molecule has 1 aromatic heterocycles. The van der Waals surface area contributed by atoms with Crippen molar-refractivity contribution in [1.82, 2.24) is 9.78 Å². The number of aromatic nitrogens is 2. The van der Waals surface area contributed by atoms with E-state index in [2.05, 4.69) is 17.2 Å². The second-order valence-electron chi connectivity index (χ2n) is 6.91. The minimum absolute atomic E-state index is 0.0870. The van der Waals surface area contributed by atoms with Gasteiger partial charge in [-0.2, -0.15) is 0 Å². The Hall–Kier alpha value is -3.66. The third-order valence-electron chi connectivity index (χ3n) is 4.92. The molecule has 0 spiro atoms. The Balaban J connectivity index is 1.73. The molecule has 0 atom stereocenters. The Bertz CT molecular complexity index is 1160. The van der Waals surface area contributed by atoms with Crippen LogP contribution in [0.15, 0.2) is 101 Å². The molecule has 0 fully saturated rings. The van der Waals surface area contributed by atoms with E-state index in [1.165, 1.54) is 5.56 Å². The number of hydrogen-bond acceptors (Lipinski definition) is 2. The van der Waals surface area contributed by atoms with Gasteiger partial charge in [0.25, 0.3) is 5.56 Å². The highest BCUT2D eigenvalue weighted by Crippen LogP contribution is 2.21. The van der Waals surface area contributed by atoms with Crippen LogP contribution in [-0.4, -0.2) is 22.0 Å². The third-order valence-corrected chi connectivity index (χ3v) is 4.92. The lowest BCUT2D eigenvalue weighted by Crippen LogP contribution is -2.19. The molecule has 0 aliphatic heterocycles. The molecular weight excluding hydrogens is 358 g/mol. The van der Waals surface area contributed by atoms with Crippen molar-refractivity contribution in [3.8, 4) is 16.9 Å². The first-order chi connectivity index (χ1) is 14.2. The van der Waals surface area contributed by atoms with Gasteiger partial charge in [0.05, 0.1) is 16.9 Å². The fourth-order valence-electron chi connectivity index (χ4n) is 3.42. The number of nitrogens with one attached hydrogen (secondary N) is 1. The van der Waals surface area contributed by atoms with Gasteiger partial charge >= 0.3 is 0 Å². The van der Waals surface area contributed by atoms with Gasteiger partial charge in [-0.25, -0.2) is 4.68 Å². The predicted molar refractivity (Wildman–Crippen MR) is 119 cm³/mol. The van der Waals surface area contributed by atoms with Crippen LogP contribution >= 0.6 is 0 Å². The summed E-state index contributed by atoms with van der Waals surface area (Å²) in [5, 5.41) is 3.29. The molecule has 144 valence electrons. The Kier molecular flexibility index (Phi) is 5.52. The molecule has 1 heterocycles. The Morgan fingerprint density at radius 3 is 2.10 bits per heavy atom. The number of rotatable bonds is 6. The molecule has 0 saturated carbocycles. The van der Waals surface area contributed by atoms with Crippen LogP contribution in [-0.2, 0) is 6.42 Å². The summed E-state index contributed by atoms with van der Waals surface area (Å²) in [7, 11) is 0. The molecule has 0 aliphatic rings. The van der Waals surface area contributed by atoms with Gasteiger partial charge in [-0.15, -0.1) is 0 Å². The number of H-pyrrole nitrogens is 1. The van der Waals surface area contributed by atoms with E-state index in [4.69, 9.17) is 4.99 Å². The van der Waals surface area contributed by atoms with Gasteiger partial charge in [0.1, 0.15) is 0 Å². The molecule has 0 amide bonds. The van der Waals surface area contributed by atoms with Crippen LogP contribution in [0.5, 0.6) is 0 Å². The summed E-state index contributed by atoms with van der Waals surface area (Å²) < 4.78 is 1.59. The molecule has 4 heteroatoms. The van der Waals surface area contributed by atoms with E-state index in [1.54, 1.807) is 4.68 Å². The van der Waals surface area contributed by atoms with Crippen LogP contribution in [0.4, 0.5) is 0 Å². The quantitative estimate of drug-likeness (QED) is 0.475. The molecule has 0 aliphatic carbocycles. The zero-order valence-electron chi connectivity index (χ0n) is 16.4. The Morgan fingerprint density at radius 1 is 0.862 bits per heavy atom. The van der Waals surface area contributed by atoms with Crippen molar-refractivity contribution < 1.29 is 0 Å². The number of hydrogen-bond donors (Lipinski definition) is 1. The van der Waals surface area contributed by atoms with E-state index < -0.39 is 0 Å². The number of para-hydroxylation sites is 1. The Morgan fingerprint density at radius 2 is 1.45 bits per heavy atom. The lowest BCUT2D eigenvalue weighted by atomic mass is 10.1. The highest BCUT2D eigenvalue weighted by atomic mass is 16.1. The summed E-state index contributed by atoms with van der Waals surface area (Å²) in [6, 6.07) is 29.8. The molecule has 29 heavy (non-hydrogen) atoms. The maximum atomic E-state index is 13.3. The van der Waals surface area contributed by atoms with Crippen LogP contribution in [0.3, 0.4) is 0 Å². The maximum absolute atomic E-state index is 13.3. The van der Waals surface area contributed by atoms with Gasteiger partial charge in [-0.05, 0) is 31.0 Å². The summed E-state index contributed by atoms with van der Waals surface area (Å²) in [6.07, 6.45) is 0.843. The summed E-state index contributed by atoms with van der Waals surface area (Å²) in [5.41, 5.74) is 5.08. The van der Waals surface area contributed by atoms with Crippen molar-refractivity contribution >= 4 is 5.71 Å². The van der Waals surface area contributed by atoms with Crippen molar-refractivity contribution in [3.05, 3.63) is 112 Å². The van der Waals surface area contributed by atoms with E-state index in [9.17, 15) is 4.79 Å². The average Bonchev–Trinajstić information content (AvgIpc) is 3.13. The first kappa shape index (κ1) is 18.7. The maximum Gasteiger partial charge on any atom is 0.280 e. The molecule has 0 radical (unpaired) electrons. The van der Waals surface area contributed by atoms with Gasteiger partial charge in [0, 0.05) is 17.8 Å². The van der Waals surface area contributed by atoms with Crippen LogP contribution in [0.25, 0.3) is 16.9 Å². The Labute approximate surface area is 170 Å². The third kappa shape index (κ3) is 4.11. The van der Waals surface area contributed by atoms with Crippen LogP contribution in [0.2, 0.25) is 0 Å². The molecule has 0 saturated heterocycles. The van der Waals surface area contributed by atoms with Crippen LogP contribution in [0.1, 0.15) is 18.1 Å². The van der Waals surface area contributed by atoms with Crippen molar-refractivity contribution in [1.29, 1.82) is 0 Å². The monoisotopic (exact) mass is 381 g/mol. The summed E-state index contributed by atoms with van der Waals surface area (Å²) in [6.45, 7) is 2.55. The second kappa shape index (κ2) is 8.57. The highest BCUT2D eigenvalue weighted by molar-refractivity contribution is 6.03. The topological polar surface area (TPSA) is 50.1 Å². The number of nitrogens with zero attached hydrogens (tertiary/aromatic N) is 2. The van der Waals surface area contributed by atoms with E-state index in [0.29, 0.717) is 12.1 Å². The van der Waals surface area contributed by atoms with Crippen LogP contribution < -0.4 is 5.56 Å². The lowest BCUT2D eigenvalue weighted by Gasteiger charge is -2.03. The van der Waals surface area contributed by atoms with Crippen molar-refractivity contribution in [2.45, 2.75) is 13.3 Å². The largest absolute Gasteiger partial charge is 0.290 e. The summed E-state index contributed by atoms with van der Waals surface area (Å²) in [4.78, 5) is 18.0. The van der Waals surface area contributed by atoms with Gasteiger partial charge < -0.3 is 0 Å². The highest BCUT2D eigenvalue weighted by Gasteiger charge is 2.18. The minimum Gasteiger partial charge on any atom is -0.290 e. The first-order valence-corrected chi connectivity index (χ1v) is 9.75. The minimum atomic E-state index is -0.0870. The van der Waals surface area contributed by atoms with E-state index in [0.717, 1.165) is 29.1 Å². The van der Waals surface area contributed by atoms with E-state index in [1.807, 2.05) is 85.8 Å². The number of benzene rings is 3. The molecule has 1 N–H and O–H groups in total. The normalized spacial score (nSPS) is 11.6. The summed E-state index contributed by atoms with van der Waals surface area (Å²) >= 11 is 0. The van der Waals surface area contributed by atoms with Gasteiger partial charge in [0.15, 0.2) is 0 Å². The predicted octanol–water partition coefficient (Wildman–Crippen LogP) is 4.88. The van der Waals surface area contributed by atoms with Crippen LogP contribution in [0, 0.1) is 0 Å². The number of aliphatic imine (C=N–C) groups is 1. The lowest BCUT2D eigenvalue weighted by molar-refractivity contribution is 0.852.